The fourth-order valence-corrected chi connectivity index (χ4v) is 1.28. The molecule has 0 amide bonds. The van der Waals surface area contributed by atoms with Crippen molar-refractivity contribution in [3.8, 4) is 0 Å². The molecule has 0 spiro atoms. The van der Waals surface area contributed by atoms with E-state index in [1.807, 2.05) is 0 Å². The molecule has 1 saturated heterocycles. The van der Waals surface area contributed by atoms with Crippen molar-refractivity contribution in [3.63, 3.8) is 0 Å². The fourth-order valence-electron chi connectivity index (χ4n) is 1.28. The van der Waals surface area contributed by atoms with Gasteiger partial charge >= 0.3 is 0 Å². The van der Waals surface area contributed by atoms with Gasteiger partial charge in [0.05, 0.1) is 5.60 Å². The molecule has 0 saturated carbocycles. The van der Waals surface area contributed by atoms with Crippen LogP contribution < -0.4 is 5.73 Å². The van der Waals surface area contributed by atoms with Gasteiger partial charge in [-0.15, -0.1) is 12.4 Å². The van der Waals surface area contributed by atoms with Crippen molar-refractivity contribution < 1.29 is 4.74 Å². The molecule has 1 unspecified atom stereocenters. The topological polar surface area (TPSA) is 35.2 Å². The first kappa shape index (κ1) is 10.2. The predicted molar refractivity (Wildman–Crippen MR) is 44.5 cm³/mol. The highest BCUT2D eigenvalue weighted by Gasteiger charge is 2.26. The zero-order valence-electron chi connectivity index (χ0n) is 6.59. The van der Waals surface area contributed by atoms with E-state index in [0.717, 1.165) is 19.4 Å². The minimum atomic E-state index is 0. The van der Waals surface area contributed by atoms with E-state index in [2.05, 4.69) is 13.8 Å². The van der Waals surface area contributed by atoms with E-state index >= 15 is 0 Å². The van der Waals surface area contributed by atoms with Gasteiger partial charge in [-0.2, -0.15) is 0 Å². The zero-order valence-corrected chi connectivity index (χ0v) is 7.41. The third kappa shape index (κ3) is 2.86. The van der Waals surface area contributed by atoms with Gasteiger partial charge in [0.25, 0.3) is 0 Å². The molecule has 2 nitrogen and oxygen atoms in total. The van der Waals surface area contributed by atoms with Crippen LogP contribution in [-0.4, -0.2) is 18.2 Å². The first-order valence-electron chi connectivity index (χ1n) is 3.50. The Balaban J connectivity index is 0.000000810. The van der Waals surface area contributed by atoms with Gasteiger partial charge in [0.1, 0.15) is 0 Å². The van der Waals surface area contributed by atoms with E-state index in [-0.39, 0.29) is 18.0 Å². The third-order valence-electron chi connectivity index (χ3n) is 1.74. The molecule has 1 fully saturated rings. The Bertz CT molecular complexity index is 106. The van der Waals surface area contributed by atoms with Gasteiger partial charge in [0.2, 0.25) is 0 Å². The van der Waals surface area contributed by atoms with Gasteiger partial charge < -0.3 is 10.5 Å². The van der Waals surface area contributed by atoms with Gasteiger partial charge in [-0.3, -0.25) is 0 Å². The summed E-state index contributed by atoms with van der Waals surface area (Å²) >= 11 is 0. The van der Waals surface area contributed by atoms with Gasteiger partial charge in [-0.25, -0.2) is 0 Å². The van der Waals surface area contributed by atoms with E-state index < -0.39 is 0 Å². The maximum atomic E-state index is 5.73. The van der Waals surface area contributed by atoms with Crippen LogP contribution in [0.3, 0.4) is 0 Å². The standard InChI is InChI=1S/C7H15NO.ClH/c1-7(2)5-6(8)3-4-9-7;/h6H,3-5,8H2,1-2H3;1H. The lowest BCUT2D eigenvalue weighted by atomic mass is 9.95. The fraction of sp³-hybridized carbons (Fsp3) is 1.00. The van der Waals surface area contributed by atoms with Crippen LogP contribution in [0.5, 0.6) is 0 Å². The van der Waals surface area contributed by atoms with Gasteiger partial charge in [0, 0.05) is 12.6 Å². The molecule has 0 aromatic carbocycles. The SMILES string of the molecule is CC1(C)CC(N)CCO1.Cl. The summed E-state index contributed by atoms with van der Waals surface area (Å²) in [4.78, 5) is 0. The van der Waals surface area contributed by atoms with E-state index in [4.69, 9.17) is 10.5 Å². The molecule has 0 bridgehead atoms. The highest BCUT2D eigenvalue weighted by atomic mass is 35.5. The number of rotatable bonds is 0. The number of ether oxygens (including phenoxy) is 1. The van der Waals surface area contributed by atoms with Crippen LogP contribution in [0.1, 0.15) is 26.7 Å². The second-order valence-corrected chi connectivity index (χ2v) is 3.36. The molecule has 2 N–H and O–H groups in total. The van der Waals surface area contributed by atoms with Gasteiger partial charge in [-0.1, -0.05) is 0 Å². The van der Waals surface area contributed by atoms with E-state index in [1.54, 1.807) is 0 Å². The largest absolute Gasteiger partial charge is 0.375 e. The maximum absolute atomic E-state index is 5.73. The first-order chi connectivity index (χ1) is 4.10. The van der Waals surface area contributed by atoms with Crippen molar-refractivity contribution in [1.29, 1.82) is 0 Å². The molecule has 0 aromatic heterocycles. The summed E-state index contributed by atoms with van der Waals surface area (Å²) in [5.41, 5.74) is 5.76. The monoisotopic (exact) mass is 165 g/mol. The number of hydrogen-bond acceptors (Lipinski definition) is 2. The lowest BCUT2D eigenvalue weighted by Crippen LogP contribution is -2.40. The molecule has 1 aliphatic rings. The van der Waals surface area contributed by atoms with E-state index in [0.29, 0.717) is 6.04 Å². The van der Waals surface area contributed by atoms with E-state index in [1.165, 1.54) is 0 Å². The average Bonchev–Trinajstić information content (AvgIpc) is 1.60. The summed E-state index contributed by atoms with van der Waals surface area (Å²) < 4.78 is 5.46. The van der Waals surface area contributed by atoms with Gasteiger partial charge in [-0.05, 0) is 26.7 Å². The highest BCUT2D eigenvalue weighted by molar-refractivity contribution is 5.85. The normalized spacial score (nSPS) is 30.9. The van der Waals surface area contributed by atoms with Crippen molar-refractivity contribution >= 4 is 12.4 Å². The molecule has 1 aliphatic heterocycles. The highest BCUT2D eigenvalue weighted by Crippen LogP contribution is 2.22. The molecule has 0 aromatic rings. The predicted octanol–water partition coefficient (Wildman–Crippen LogP) is 1.32. The summed E-state index contributed by atoms with van der Waals surface area (Å²) in [6, 6.07) is 0.355. The van der Waals surface area contributed by atoms with Crippen molar-refractivity contribution in [2.75, 3.05) is 6.61 Å². The second-order valence-electron chi connectivity index (χ2n) is 3.36. The van der Waals surface area contributed by atoms with Crippen LogP contribution in [0.4, 0.5) is 0 Å². The van der Waals surface area contributed by atoms with Crippen molar-refractivity contribution in [2.24, 2.45) is 5.73 Å². The molecule has 62 valence electrons. The number of nitrogens with two attached hydrogens (primary N) is 1. The Morgan fingerprint density at radius 3 is 2.40 bits per heavy atom. The summed E-state index contributed by atoms with van der Waals surface area (Å²) in [6.07, 6.45) is 2.01. The lowest BCUT2D eigenvalue weighted by Gasteiger charge is -2.33. The Hall–Kier alpha value is 0.210. The van der Waals surface area contributed by atoms with Crippen LogP contribution in [0.15, 0.2) is 0 Å². The Morgan fingerprint density at radius 2 is 2.10 bits per heavy atom. The summed E-state index contributed by atoms with van der Waals surface area (Å²) in [6.45, 7) is 5.01. The molecule has 1 heterocycles. The lowest BCUT2D eigenvalue weighted by molar-refractivity contribution is -0.0578. The van der Waals surface area contributed by atoms with Crippen LogP contribution in [-0.2, 0) is 4.74 Å². The van der Waals surface area contributed by atoms with Crippen molar-refractivity contribution in [3.05, 3.63) is 0 Å². The van der Waals surface area contributed by atoms with Crippen LogP contribution in [0, 0.1) is 0 Å². The van der Waals surface area contributed by atoms with Crippen LogP contribution in [0.2, 0.25) is 0 Å². The number of halogens is 1. The Kier molecular flexibility index (Phi) is 3.63. The molecule has 0 radical (unpaired) electrons. The minimum absolute atomic E-state index is 0. The average molecular weight is 166 g/mol. The summed E-state index contributed by atoms with van der Waals surface area (Å²) in [5.74, 6) is 0. The van der Waals surface area contributed by atoms with E-state index in [9.17, 15) is 0 Å². The molecule has 0 aliphatic carbocycles. The smallest absolute Gasteiger partial charge is 0.0641 e. The number of hydrogen-bond donors (Lipinski definition) is 1. The Labute approximate surface area is 68.5 Å². The zero-order chi connectivity index (χ0) is 6.91. The van der Waals surface area contributed by atoms with Gasteiger partial charge in [0.15, 0.2) is 0 Å². The molecular weight excluding hydrogens is 150 g/mol. The van der Waals surface area contributed by atoms with Crippen molar-refractivity contribution in [1.82, 2.24) is 0 Å². The minimum Gasteiger partial charge on any atom is -0.375 e. The summed E-state index contributed by atoms with van der Waals surface area (Å²) in [7, 11) is 0. The molecule has 1 rings (SSSR count). The maximum Gasteiger partial charge on any atom is 0.0641 e. The molecule has 1 atom stereocenters. The van der Waals surface area contributed by atoms with Crippen LogP contribution in [0.25, 0.3) is 0 Å². The Morgan fingerprint density at radius 1 is 1.50 bits per heavy atom. The first-order valence-corrected chi connectivity index (χ1v) is 3.50. The molecule has 3 heteroatoms. The second kappa shape index (κ2) is 3.56. The molecule has 10 heavy (non-hydrogen) atoms. The van der Waals surface area contributed by atoms with Crippen molar-refractivity contribution in [2.45, 2.75) is 38.3 Å². The quantitative estimate of drug-likeness (QED) is 0.588. The van der Waals surface area contributed by atoms with Crippen LogP contribution >= 0.6 is 12.4 Å². The summed E-state index contributed by atoms with van der Waals surface area (Å²) in [5, 5.41) is 0. The third-order valence-corrected chi connectivity index (χ3v) is 1.74. The molecular formula is C7H16ClNO.